The Bertz CT molecular complexity index is 1060. The minimum Gasteiger partial charge on any atom is -0.508 e. The third-order valence-corrected chi connectivity index (χ3v) is 4.54. The highest BCUT2D eigenvalue weighted by Gasteiger charge is 2.26. The molecule has 2 heterocycles. The molecule has 0 aliphatic carbocycles. The van der Waals surface area contributed by atoms with Gasteiger partial charge < -0.3 is 16.6 Å². The summed E-state index contributed by atoms with van der Waals surface area (Å²) < 4.78 is 27.9. The smallest absolute Gasteiger partial charge is 0.265 e. The van der Waals surface area contributed by atoms with Crippen molar-refractivity contribution >= 4 is 17.1 Å². The van der Waals surface area contributed by atoms with Crippen molar-refractivity contribution in [2.45, 2.75) is 27.2 Å². The minimum absolute atomic E-state index is 0.0348. The highest BCUT2D eigenvalue weighted by atomic mass is 19.3. The summed E-state index contributed by atoms with van der Waals surface area (Å²) in [5.74, 6) is -0.797. The van der Waals surface area contributed by atoms with Gasteiger partial charge in [-0.25, -0.2) is 13.3 Å². The van der Waals surface area contributed by atoms with Crippen molar-refractivity contribution in [1.82, 2.24) is 9.61 Å². The fourth-order valence-electron chi connectivity index (χ4n) is 3.21. The van der Waals surface area contributed by atoms with Crippen LogP contribution in [0.5, 0.6) is 5.75 Å². The van der Waals surface area contributed by atoms with Gasteiger partial charge in [0.1, 0.15) is 5.75 Å². The molecule has 0 atom stereocenters. The number of alkyl halides is 2. The second-order valence-electron chi connectivity index (χ2n) is 6.19. The van der Waals surface area contributed by atoms with E-state index in [9.17, 15) is 18.7 Å². The number of nitrogen functional groups attached to an aromatic ring is 1. The molecule has 0 fully saturated rings. The Morgan fingerprint density at radius 1 is 1.27 bits per heavy atom. The zero-order chi connectivity index (χ0) is 19.3. The zero-order valence-corrected chi connectivity index (χ0v) is 14.5. The lowest BCUT2D eigenvalue weighted by molar-refractivity contribution is 0.100. The summed E-state index contributed by atoms with van der Waals surface area (Å²) in [5.41, 5.74) is 13.7. The third kappa shape index (κ3) is 2.45. The molecule has 1 amide bonds. The van der Waals surface area contributed by atoms with E-state index in [2.05, 4.69) is 5.10 Å². The summed E-state index contributed by atoms with van der Waals surface area (Å²) in [7, 11) is 0. The molecule has 0 aliphatic rings. The second kappa shape index (κ2) is 5.98. The zero-order valence-electron chi connectivity index (χ0n) is 14.5. The Morgan fingerprint density at radius 2 is 1.92 bits per heavy atom. The van der Waals surface area contributed by atoms with Crippen molar-refractivity contribution in [3.8, 4) is 17.0 Å². The number of hydrogen-bond donors (Lipinski definition) is 3. The van der Waals surface area contributed by atoms with Crippen molar-refractivity contribution in [2.24, 2.45) is 5.73 Å². The van der Waals surface area contributed by atoms with Gasteiger partial charge in [0.2, 0.25) is 0 Å². The monoisotopic (exact) mass is 360 g/mol. The SMILES string of the molecule is Cc1ccc(O)c(C)c1-c1c(N)c(C(N)=O)c2cc(C(F)F)c(C)nn12. The number of nitrogens with zero attached hydrogens (tertiary/aromatic N) is 2. The molecule has 3 rings (SSSR count). The summed E-state index contributed by atoms with van der Waals surface area (Å²) in [5, 5.41) is 14.3. The molecule has 136 valence electrons. The Labute approximate surface area is 148 Å². The first-order valence-electron chi connectivity index (χ1n) is 7.84. The van der Waals surface area contributed by atoms with Gasteiger partial charge in [-0.2, -0.15) is 5.10 Å². The predicted octanol–water partition coefficient (Wildman–Crippen LogP) is 3.25. The molecule has 0 saturated carbocycles. The topological polar surface area (TPSA) is 107 Å². The number of amides is 1. The van der Waals surface area contributed by atoms with E-state index < -0.39 is 12.3 Å². The van der Waals surface area contributed by atoms with E-state index in [0.29, 0.717) is 16.8 Å². The molecule has 0 aliphatic heterocycles. The van der Waals surface area contributed by atoms with Gasteiger partial charge in [0.25, 0.3) is 12.3 Å². The van der Waals surface area contributed by atoms with Crippen molar-refractivity contribution in [3.63, 3.8) is 0 Å². The molecule has 8 heteroatoms. The van der Waals surface area contributed by atoms with E-state index in [1.165, 1.54) is 17.5 Å². The standard InChI is InChI=1S/C18H18F2N4O2/c1-7-4-5-12(25)8(2)13(7)16-15(21)14(18(22)26)11-6-10(17(19)20)9(3)23-24(11)16/h4-6,17,25H,21H2,1-3H3,(H2,22,26). The number of aromatic nitrogens is 2. The molecular formula is C18H18F2N4O2. The number of benzene rings is 1. The summed E-state index contributed by atoms with van der Waals surface area (Å²) in [6.07, 6.45) is -2.75. The maximum atomic E-state index is 13.3. The molecule has 0 radical (unpaired) electrons. The first kappa shape index (κ1) is 17.7. The van der Waals surface area contributed by atoms with E-state index in [-0.39, 0.29) is 33.8 Å². The van der Waals surface area contributed by atoms with E-state index in [0.717, 1.165) is 5.56 Å². The number of aryl methyl sites for hydroxylation is 2. The lowest BCUT2D eigenvalue weighted by Crippen LogP contribution is -2.13. The number of rotatable bonds is 3. The number of anilines is 1. The molecule has 3 aromatic rings. The van der Waals surface area contributed by atoms with E-state index in [4.69, 9.17) is 11.5 Å². The second-order valence-corrected chi connectivity index (χ2v) is 6.19. The lowest BCUT2D eigenvalue weighted by atomic mass is 9.98. The highest BCUT2D eigenvalue weighted by molar-refractivity contribution is 6.09. The molecule has 6 nitrogen and oxygen atoms in total. The first-order chi connectivity index (χ1) is 12.1. The summed E-state index contributed by atoms with van der Waals surface area (Å²) >= 11 is 0. The quantitative estimate of drug-likeness (QED) is 0.666. The van der Waals surface area contributed by atoms with Crippen LogP contribution in [0, 0.1) is 20.8 Å². The van der Waals surface area contributed by atoms with Gasteiger partial charge in [0, 0.05) is 16.7 Å². The molecule has 26 heavy (non-hydrogen) atoms. The molecule has 0 bridgehead atoms. The summed E-state index contributed by atoms with van der Waals surface area (Å²) in [4.78, 5) is 11.9. The molecule has 0 spiro atoms. The van der Waals surface area contributed by atoms with Crippen molar-refractivity contribution in [3.05, 3.63) is 46.1 Å². The van der Waals surface area contributed by atoms with Crippen LogP contribution in [-0.2, 0) is 0 Å². The minimum atomic E-state index is -2.75. The van der Waals surface area contributed by atoms with Crippen LogP contribution in [0.25, 0.3) is 16.8 Å². The van der Waals surface area contributed by atoms with Crippen LogP contribution in [0.1, 0.15) is 39.2 Å². The van der Waals surface area contributed by atoms with E-state index >= 15 is 0 Å². The summed E-state index contributed by atoms with van der Waals surface area (Å²) in [6.45, 7) is 4.96. The number of carbonyl (C=O) groups is 1. The van der Waals surface area contributed by atoms with Crippen molar-refractivity contribution < 1.29 is 18.7 Å². The Balaban J connectivity index is 2.52. The van der Waals surface area contributed by atoms with Gasteiger partial charge in [-0.05, 0) is 38.5 Å². The maximum absolute atomic E-state index is 13.3. The molecule has 2 aromatic heterocycles. The number of nitrogens with two attached hydrogens (primary N) is 2. The average Bonchev–Trinajstić information content (AvgIpc) is 2.82. The van der Waals surface area contributed by atoms with Crippen molar-refractivity contribution in [1.29, 1.82) is 0 Å². The van der Waals surface area contributed by atoms with E-state index in [1.807, 2.05) is 6.92 Å². The van der Waals surface area contributed by atoms with Crippen molar-refractivity contribution in [2.75, 3.05) is 5.73 Å². The van der Waals surface area contributed by atoms with Gasteiger partial charge in [-0.15, -0.1) is 0 Å². The normalized spacial score (nSPS) is 11.5. The Morgan fingerprint density at radius 3 is 2.50 bits per heavy atom. The molecule has 0 saturated heterocycles. The molecule has 5 N–H and O–H groups in total. The number of fused-ring (bicyclic) bond motifs is 1. The van der Waals surface area contributed by atoms with Crippen LogP contribution < -0.4 is 11.5 Å². The number of aromatic hydroxyl groups is 1. The Kier molecular flexibility index (Phi) is 4.06. The average molecular weight is 360 g/mol. The number of phenolic OH excluding ortho intramolecular Hbond substituents is 1. The maximum Gasteiger partial charge on any atom is 0.265 e. The van der Waals surface area contributed by atoms with E-state index in [1.54, 1.807) is 19.1 Å². The Hall–Kier alpha value is -3.16. The third-order valence-electron chi connectivity index (χ3n) is 4.54. The van der Waals surface area contributed by atoms with Gasteiger partial charge in [0.05, 0.1) is 28.2 Å². The first-order valence-corrected chi connectivity index (χ1v) is 7.84. The lowest BCUT2D eigenvalue weighted by Gasteiger charge is -2.13. The molecule has 0 unspecified atom stereocenters. The van der Waals surface area contributed by atoms with Gasteiger partial charge >= 0.3 is 0 Å². The molecule has 1 aromatic carbocycles. The van der Waals surface area contributed by atoms with Gasteiger partial charge in [-0.1, -0.05) is 6.07 Å². The number of halogens is 2. The van der Waals surface area contributed by atoms with Gasteiger partial charge in [0.15, 0.2) is 0 Å². The number of primary amides is 1. The highest BCUT2D eigenvalue weighted by Crippen LogP contribution is 2.40. The number of carbonyl (C=O) groups excluding carboxylic acids is 1. The number of phenols is 1. The van der Waals surface area contributed by atoms with Crippen LogP contribution in [0.4, 0.5) is 14.5 Å². The predicted molar refractivity (Wildman–Crippen MR) is 94.4 cm³/mol. The fraction of sp³-hybridized carbons (Fsp3) is 0.222. The number of hydrogen-bond acceptors (Lipinski definition) is 4. The largest absolute Gasteiger partial charge is 0.508 e. The van der Waals surface area contributed by atoms with Crippen LogP contribution >= 0.6 is 0 Å². The van der Waals surface area contributed by atoms with Crippen LogP contribution in [-0.4, -0.2) is 20.6 Å². The fourth-order valence-corrected chi connectivity index (χ4v) is 3.21. The van der Waals surface area contributed by atoms with Gasteiger partial charge in [-0.3, -0.25) is 4.79 Å². The van der Waals surface area contributed by atoms with Crippen LogP contribution in [0.3, 0.4) is 0 Å². The van der Waals surface area contributed by atoms with Crippen LogP contribution in [0.15, 0.2) is 18.2 Å². The summed E-state index contributed by atoms with van der Waals surface area (Å²) in [6, 6.07) is 4.42. The molecular weight excluding hydrogens is 342 g/mol. The van der Waals surface area contributed by atoms with Crippen LogP contribution in [0.2, 0.25) is 0 Å².